The second-order valence-electron chi connectivity index (χ2n) is 5.51. The highest BCUT2D eigenvalue weighted by Crippen LogP contribution is 2.23. The van der Waals surface area contributed by atoms with Crippen molar-refractivity contribution in [1.82, 2.24) is 0 Å². The normalized spacial score (nSPS) is 10.2. The fourth-order valence-electron chi connectivity index (χ4n) is 2.33. The predicted molar refractivity (Wildman–Crippen MR) is 101 cm³/mol. The summed E-state index contributed by atoms with van der Waals surface area (Å²) in [6.07, 6.45) is 2.21. The van der Waals surface area contributed by atoms with E-state index in [0.717, 1.165) is 55.4 Å². The zero-order valence-electron chi connectivity index (χ0n) is 14.7. The summed E-state index contributed by atoms with van der Waals surface area (Å²) < 4.78 is 11.3. The van der Waals surface area contributed by atoms with E-state index in [4.69, 9.17) is 9.47 Å². The molecule has 2 N–H and O–H groups in total. The molecule has 0 bridgehead atoms. The van der Waals surface area contributed by atoms with Crippen LogP contribution in [0.4, 0.5) is 11.4 Å². The lowest BCUT2D eigenvalue weighted by Gasteiger charge is -2.14. The van der Waals surface area contributed by atoms with Crippen LogP contribution in [0.25, 0.3) is 0 Å². The van der Waals surface area contributed by atoms with Gasteiger partial charge in [0.2, 0.25) is 0 Å². The molecule has 4 nitrogen and oxygen atoms in total. The average molecular weight is 328 g/mol. The minimum absolute atomic E-state index is 0.680. The highest BCUT2D eigenvalue weighted by Gasteiger charge is 2.02. The van der Waals surface area contributed by atoms with Crippen molar-refractivity contribution in [2.24, 2.45) is 0 Å². The lowest BCUT2D eigenvalue weighted by Crippen LogP contribution is -2.14. The molecule has 0 heterocycles. The van der Waals surface area contributed by atoms with Crippen LogP contribution in [0.3, 0.4) is 0 Å². The molecule has 2 aromatic rings. The molecule has 0 unspecified atom stereocenters. The van der Waals surface area contributed by atoms with Gasteiger partial charge in [-0.2, -0.15) is 0 Å². The summed E-state index contributed by atoms with van der Waals surface area (Å²) >= 11 is 0. The van der Waals surface area contributed by atoms with Gasteiger partial charge < -0.3 is 20.1 Å². The predicted octanol–water partition coefficient (Wildman–Crippen LogP) is 4.79. The molecule has 0 spiro atoms. The van der Waals surface area contributed by atoms with Gasteiger partial charge in [-0.05, 0) is 37.6 Å². The van der Waals surface area contributed by atoms with Crippen LogP contribution >= 0.6 is 0 Å². The Kier molecular flexibility index (Phi) is 7.81. The van der Waals surface area contributed by atoms with Crippen LogP contribution in [0.1, 0.15) is 26.7 Å². The van der Waals surface area contributed by atoms with Gasteiger partial charge in [-0.3, -0.25) is 0 Å². The molecular formula is C20H28N2O2. The molecule has 0 aliphatic carbocycles. The molecule has 4 heteroatoms. The van der Waals surface area contributed by atoms with Crippen LogP contribution in [0, 0.1) is 0 Å². The van der Waals surface area contributed by atoms with Gasteiger partial charge in [0.25, 0.3) is 0 Å². The molecule has 0 aliphatic rings. The van der Waals surface area contributed by atoms with Crippen LogP contribution in [0.2, 0.25) is 0 Å². The first-order chi connectivity index (χ1) is 11.8. The van der Waals surface area contributed by atoms with Crippen molar-refractivity contribution in [3.63, 3.8) is 0 Å². The Balaban J connectivity index is 1.79. The quantitative estimate of drug-likeness (QED) is 0.582. The third kappa shape index (κ3) is 6.03. The van der Waals surface area contributed by atoms with E-state index in [1.165, 1.54) is 0 Å². The molecule has 0 saturated carbocycles. The van der Waals surface area contributed by atoms with E-state index in [-0.39, 0.29) is 0 Å². The van der Waals surface area contributed by atoms with Crippen LogP contribution in [-0.2, 0) is 0 Å². The van der Waals surface area contributed by atoms with Crippen molar-refractivity contribution in [1.29, 1.82) is 0 Å². The summed E-state index contributed by atoms with van der Waals surface area (Å²) in [6.45, 7) is 7.23. The first kappa shape index (κ1) is 18.0. The van der Waals surface area contributed by atoms with Gasteiger partial charge >= 0.3 is 0 Å². The molecule has 0 atom stereocenters. The second-order valence-corrected chi connectivity index (χ2v) is 5.51. The van der Waals surface area contributed by atoms with Crippen molar-refractivity contribution in [3.05, 3.63) is 48.5 Å². The summed E-state index contributed by atoms with van der Waals surface area (Å²) in [5.41, 5.74) is 2.11. The molecule has 0 aromatic heterocycles. The van der Waals surface area contributed by atoms with Gasteiger partial charge in [-0.15, -0.1) is 0 Å². The number of unbranched alkanes of at least 4 members (excludes halogenated alkanes) is 1. The van der Waals surface area contributed by atoms with Gasteiger partial charge in [0.15, 0.2) is 0 Å². The molecule has 2 aromatic carbocycles. The van der Waals surface area contributed by atoms with Crippen LogP contribution in [-0.4, -0.2) is 26.3 Å². The number of anilines is 2. The molecule has 24 heavy (non-hydrogen) atoms. The van der Waals surface area contributed by atoms with E-state index in [0.29, 0.717) is 6.61 Å². The number of hydrogen-bond acceptors (Lipinski definition) is 4. The third-order valence-electron chi connectivity index (χ3n) is 3.56. The molecular weight excluding hydrogens is 300 g/mol. The molecule has 0 fully saturated rings. The molecule has 0 aliphatic heterocycles. The summed E-state index contributed by atoms with van der Waals surface area (Å²) in [7, 11) is 0. The van der Waals surface area contributed by atoms with E-state index in [9.17, 15) is 0 Å². The van der Waals surface area contributed by atoms with Crippen LogP contribution in [0.5, 0.6) is 11.5 Å². The van der Waals surface area contributed by atoms with E-state index in [1.54, 1.807) is 0 Å². The maximum Gasteiger partial charge on any atom is 0.142 e. The molecule has 130 valence electrons. The number of rotatable bonds is 11. The van der Waals surface area contributed by atoms with Gasteiger partial charge in [-0.25, -0.2) is 0 Å². The second kappa shape index (κ2) is 10.4. The Morgan fingerprint density at radius 1 is 0.875 bits per heavy atom. The molecule has 0 radical (unpaired) electrons. The van der Waals surface area contributed by atoms with Crippen molar-refractivity contribution in [2.75, 3.05) is 36.9 Å². The van der Waals surface area contributed by atoms with E-state index in [1.807, 2.05) is 49.4 Å². The summed E-state index contributed by atoms with van der Waals surface area (Å²) in [5, 5.41) is 6.83. The smallest absolute Gasteiger partial charge is 0.142 e. The van der Waals surface area contributed by atoms with E-state index >= 15 is 0 Å². The highest BCUT2D eigenvalue weighted by molar-refractivity contribution is 5.56. The van der Waals surface area contributed by atoms with Gasteiger partial charge in [0, 0.05) is 24.8 Å². The first-order valence-electron chi connectivity index (χ1n) is 8.76. The zero-order chi connectivity index (χ0) is 17.0. The maximum absolute atomic E-state index is 5.84. The zero-order valence-corrected chi connectivity index (χ0v) is 14.7. The Morgan fingerprint density at radius 2 is 1.71 bits per heavy atom. The molecule has 2 rings (SSSR count). The summed E-state index contributed by atoms with van der Waals surface area (Å²) in [5.74, 6) is 1.81. The van der Waals surface area contributed by atoms with Crippen molar-refractivity contribution >= 4 is 11.4 Å². The fourth-order valence-corrected chi connectivity index (χ4v) is 2.33. The van der Waals surface area contributed by atoms with Crippen molar-refractivity contribution < 1.29 is 9.47 Å². The Hall–Kier alpha value is -2.36. The van der Waals surface area contributed by atoms with E-state index in [2.05, 4.69) is 23.6 Å². The number of para-hydroxylation sites is 2. The number of benzene rings is 2. The van der Waals surface area contributed by atoms with Crippen LogP contribution in [0.15, 0.2) is 48.5 Å². The third-order valence-corrected chi connectivity index (χ3v) is 3.56. The van der Waals surface area contributed by atoms with Crippen molar-refractivity contribution in [2.45, 2.75) is 26.7 Å². The largest absolute Gasteiger partial charge is 0.494 e. The summed E-state index contributed by atoms with van der Waals surface area (Å²) in [4.78, 5) is 0. The SMILES string of the molecule is CCCCOc1ccccc1NCCNc1cccc(OCC)c1. The minimum Gasteiger partial charge on any atom is -0.494 e. The van der Waals surface area contributed by atoms with Crippen LogP contribution < -0.4 is 20.1 Å². The minimum atomic E-state index is 0.680. The Labute approximate surface area is 145 Å². The fraction of sp³-hybridized carbons (Fsp3) is 0.400. The summed E-state index contributed by atoms with van der Waals surface area (Å²) in [6, 6.07) is 16.1. The Morgan fingerprint density at radius 3 is 2.54 bits per heavy atom. The topological polar surface area (TPSA) is 42.5 Å². The number of hydrogen-bond donors (Lipinski definition) is 2. The maximum atomic E-state index is 5.84. The highest BCUT2D eigenvalue weighted by atomic mass is 16.5. The number of ether oxygens (including phenoxy) is 2. The van der Waals surface area contributed by atoms with Gasteiger partial charge in [-0.1, -0.05) is 31.5 Å². The average Bonchev–Trinajstić information content (AvgIpc) is 2.61. The lowest BCUT2D eigenvalue weighted by molar-refractivity contribution is 0.311. The number of nitrogens with one attached hydrogen (secondary N) is 2. The first-order valence-corrected chi connectivity index (χ1v) is 8.76. The van der Waals surface area contributed by atoms with Gasteiger partial charge in [0.05, 0.1) is 18.9 Å². The lowest BCUT2D eigenvalue weighted by atomic mass is 10.3. The van der Waals surface area contributed by atoms with Gasteiger partial charge in [0.1, 0.15) is 11.5 Å². The van der Waals surface area contributed by atoms with E-state index < -0.39 is 0 Å². The molecule has 0 amide bonds. The standard InChI is InChI=1S/C20H28N2O2/c1-3-5-15-24-20-12-7-6-11-19(20)22-14-13-21-17-9-8-10-18(16-17)23-4-2/h6-12,16,21-22H,3-5,13-15H2,1-2H3. The van der Waals surface area contributed by atoms with Crippen molar-refractivity contribution in [3.8, 4) is 11.5 Å². The molecule has 0 saturated heterocycles. The Bertz CT molecular complexity index is 602. The monoisotopic (exact) mass is 328 g/mol.